The summed E-state index contributed by atoms with van der Waals surface area (Å²) in [6, 6.07) is 1.72. The van der Waals surface area contributed by atoms with Gasteiger partial charge in [-0.15, -0.1) is 10.2 Å². The summed E-state index contributed by atoms with van der Waals surface area (Å²) >= 11 is 6.60. The molecule has 0 fully saturated rings. The maximum absolute atomic E-state index is 11.5. The zero-order chi connectivity index (χ0) is 11.4. The van der Waals surface area contributed by atoms with E-state index >= 15 is 0 Å². The van der Waals surface area contributed by atoms with Gasteiger partial charge in [0, 0.05) is 6.20 Å². The van der Waals surface area contributed by atoms with E-state index in [0.29, 0.717) is 6.54 Å². The van der Waals surface area contributed by atoms with Crippen LogP contribution < -0.4 is 5.32 Å². The van der Waals surface area contributed by atoms with Gasteiger partial charge in [-0.1, -0.05) is 11.3 Å². The molecule has 2 aromatic rings. The third-order valence-corrected chi connectivity index (χ3v) is 2.69. The van der Waals surface area contributed by atoms with Crippen molar-refractivity contribution in [3.8, 4) is 0 Å². The second-order valence-corrected chi connectivity index (χ2v) is 4.30. The summed E-state index contributed by atoms with van der Waals surface area (Å²) in [6.07, 6.45) is 3.03. The number of carbonyl (C=O) groups is 1. The minimum atomic E-state index is -0.317. The lowest BCUT2D eigenvalue weighted by molar-refractivity contribution is 0.0949. The first-order chi connectivity index (χ1) is 7.75. The standard InChI is InChI=1S/C8H6ClN5OS/c9-8-14-13-7(16-8)6(15)11-3-5-1-2-10-4-12-5/h1-2,4H,3H2,(H,11,15). The minimum Gasteiger partial charge on any atom is -0.344 e. The lowest BCUT2D eigenvalue weighted by Gasteiger charge is -2.00. The van der Waals surface area contributed by atoms with Crippen molar-refractivity contribution in [2.45, 2.75) is 6.54 Å². The fraction of sp³-hybridized carbons (Fsp3) is 0.125. The zero-order valence-electron chi connectivity index (χ0n) is 7.92. The van der Waals surface area contributed by atoms with E-state index in [4.69, 9.17) is 11.6 Å². The van der Waals surface area contributed by atoms with Crippen LogP contribution in [0.3, 0.4) is 0 Å². The molecule has 0 atom stereocenters. The summed E-state index contributed by atoms with van der Waals surface area (Å²) in [7, 11) is 0. The Morgan fingerprint density at radius 2 is 2.38 bits per heavy atom. The average Bonchev–Trinajstić information content (AvgIpc) is 2.74. The smallest absolute Gasteiger partial charge is 0.282 e. The van der Waals surface area contributed by atoms with Crippen molar-refractivity contribution in [3.63, 3.8) is 0 Å². The maximum atomic E-state index is 11.5. The molecule has 2 aromatic heterocycles. The van der Waals surface area contributed by atoms with E-state index in [2.05, 4.69) is 25.5 Å². The van der Waals surface area contributed by atoms with Gasteiger partial charge in [0.2, 0.25) is 9.47 Å². The molecular weight excluding hydrogens is 250 g/mol. The average molecular weight is 256 g/mol. The molecule has 0 aliphatic heterocycles. The molecule has 6 nitrogen and oxygen atoms in total. The Morgan fingerprint density at radius 3 is 3.00 bits per heavy atom. The van der Waals surface area contributed by atoms with Gasteiger partial charge in [0.05, 0.1) is 12.2 Å². The number of nitrogens with zero attached hydrogens (tertiary/aromatic N) is 4. The number of hydrogen-bond acceptors (Lipinski definition) is 6. The van der Waals surface area contributed by atoms with Crippen LogP contribution in [0.15, 0.2) is 18.6 Å². The number of halogens is 1. The quantitative estimate of drug-likeness (QED) is 0.882. The van der Waals surface area contributed by atoms with Crippen LogP contribution in [-0.2, 0) is 6.54 Å². The van der Waals surface area contributed by atoms with E-state index < -0.39 is 0 Å². The molecule has 2 rings (SSSR count). The van der Waals surface area contributed by atoms with Gasteiger partial charge in [0.1, 0.15) is 6.33 Å². The number of aromatic nitrogens is 4. The summed E-state index contributed by atoms with van der Waals surface area (Å²) in [5, 5.41) is 10.0. The Bertz CT molecular complexity index is 488. The van der Waals surface area contributed by atoms with Gasteiger partial charge in [-0.05, 0) is 17.7 Å². The summed E-state index contributed by atoms with van der Waals surface area (Å²) in [6.45, 7) is 0.318. The highest BCUT2D eigenvalue weighted by molar-refractivity contribution is 7.17. The Hall–Kier alpha value is -1.60. The molecule has 0 radical (unpaired) electrons. The van der Waals surface area contributed by atoms with Crippen molar-refractivity contribution >= 4 is 28.8 Å². The van der Waals surface area contributed by atoms with Crippen LogP contribution in [0.25, 0.3) is 0 Å². The van der Waals surface area contributed by atoms with Gasteiger partial charge in [0.15, 0.2) is 0 Å². The SMILES string of the molecule is O=C(NCc1ccncn1)c1nnc(Cl)s1. The Morgan fingerprint density at radius 1 is 1.50 bits per heavy atom. The van der Waals surface area contributed by atoms with Crippen molar-refractivity contribution in [1.82, 2.24) is 25.5 Å². The van der Waals surface area contributed by atoms with E-state index in [1.165, 1.54) is 6.33 Å². The molecule has 0 unspecified atom stereocenters. The molecule has 1 amide bonds. The largest absolute Gasteiger partial charge is 0.344 e. The van der Waals surface area contributed by atoms with Crippen LogP contribution in [0.5, 0.6) is 0 Å². The normalized spacial score (nSPS) is 10.1. The fourth-order valence-electron chi connectivity index (χ4n) is 0.966. The Labute approximate surface area is 99.7 Å². The van der Waals surface area contributed by atoms with Crippen molar-refractivity contribution in [3.05, 3.63) is 33.8 Å². The first-order valence-electron chi connectivity index (χ1n) is 4.28. The van der Waals surface area contributed by atoms with Gasteiger partial charge >= 0.3 is 0 Å². The maximum Gasteiger partial charge on any atom is 0.282 e. The number of rotatable bonds is 3. The van der Waals surface area contributed by atoms with Crippen LogP contribution in [0.4, 0.5) is 0 Å². The first-order valence-corrected chi connectivity index (χ1v) is 5.47. The molecule has 0 aromatic carbocycles. The summed E-state index contributed by atoms with van der Waals surface area (Å²) in [5.74, 6) is -0.317. The number of nitrogens with one attached hydrogen (secondary N) is 1. The third kappa shape index (κ3) is 2.71. The van der Waals surface area contributed by atoms with Crippen molar-refractivity contribution < 1.29 is 4.79 Å². The van der Waals surface area contributed by atoms with Gasteiger partial charge in [-0.2, -0.15) is 0 Å². The van der Waals surface area contributed by atoms with Crippen LogP contribution in [0, 0.1) is 0 Å². The van der Waals surface area contributed by atoms with E-state index in [9.17, 15) is 4.79 Å². The van der Waals surface area contributed by atoms with Gasteiger partial charge < -0.3 is 5.32 Å². The lowest BCUT2D eigenvalue weighted by atomic mass is 10.4. The molecule has 8 heteroatoms. The highest BCUT2D eigenvalue weighted by atomic mass is 35.5. The Kier molecular flexibility index (Phi) is 3.37. The second-order valence-electron chi connectivity index (χ2n) is 2.74. The van der Waals surface area contributed by atoms with E-state index in [-0.39, 0.29) is 15.4 Å². The minimum absolute atomic E-state index is 0.235. The van der Waals surface area contributed by atoms with Crippen LogP contribution in [0.2, 0.25) is 4.47 Å². The molecule has 0 saturated carbocycles. The van der Waals surface area contributed by atoms with E-state index in [0.717, 1.165) is 17.0 Å². The highest BCUT2D eigenvalue weighted by Crippen LogP contribution is 2.14. The summed E-state index contributed by atoms with van der Waals surface area (Å²) in [4.78, 5) is 19.3. The van der Waals surface area contributed by atoms with E-state index in [1.54, 1.807) is 12.3 Å². The molecule has 1 N–H and O–H groups in total. The Balaban J connectivity index is 1.94. The molecule has 2 heterocycles. The van der Waals surface area contributed by atoms with Gasteiger partial charge in [0.25, 0.3) is 5.91 Å². The molecule has 0 aliphatic carbocycles. The number of hydrogen-bond donors (Lipinski definition) is 1. The predicted molar refractivity (Wildman–Crippen MR) is 58.1 cm³/mol. The second kappa shape index (κ2) is 4.95. The molecule has 0 bridgehead atoms. The van der Waals surface area contributed by atoms with Crippen molar-refractivity contribution in [2.24, 2.45) is 0 Å². The number of carbonyl (C=O) groups excluding carboxylic acids is 1. The predicted octanol–water partition coefficient (Wildman–Crippen LogP) is 0.911. The number of amides is 1. The van der Waals surface area contributed by atoms with Crippen LogP contribution >= 0.6 is 22.9 Å². The molecular formula is C8H6ClN5OS. The zero-order valence-corrected chi connectivity index (χ0v) is 9.49. The van der Waals surface area contributed by atoms with Crippen molar-refractivity contribution in [2.75, 3.05) is 0 Å². The summed E-state index contributed by atoms with van der Waals surface area (Å²) in [5.41, 5.74) is 0.721. The highest BCUT2D eigenvalue weighted by Gasteiger charge is 2.11. The first kappa shape index (κ1) is 10.9. The molecule has 0 spiro atoms. The lowest BCUT2D eigenvalue weighted by Crippen LogP contribution is -2.23. The van der Waals surface area contributed by atoms with Gasteiger partial charge in [-0.3, -0.25) is 4.79 Å². The van der Waals surface area contributed by atoms with Gasteiger partial charge in [-0.25, -0.2) is 9.97 Å². The van der Waals surface area contributed by atoms with Crippen LogP contribution in [0.1, 0.15) is 15.5 Å². The molecule has 0 saturated heterocycles. The van der Waals surface area contributed by atoms with Crippen LogP contribution in [-0.4, -0.2) is 26.1 Å². The van der Waals surface area contributed by atoms with E-state index in [1.807, 2.05) is 0 Å². The third-order valence-electron chi connectivity index (χ3n) is 1.67. The molecule has 0 aliphatic rings. The molecule has 16 heavy (non-hydrogen) atoms. The summed E-state index contributed by atoms with van der Waals surface area (Å²) < 4.78 is 0.243. The van der Waals surface area contributed by atoms with Crippen molar-refractivity contribution in [1.29, 1.82) is 0 Å². The topological polar surface area (TPSA) is 80.7 Å². The monoisotopic (exact) mass is 255 g/mol. The fourth-order valence-corrected chi connectivity index (χ4v) is 1.71. The molecule has 82 valence electrons.